The Balaban J connectivity index is 3.36. The lowest BCUT2D eigenvalue weighted by molar-refractivity contribution is -0.111. The van der Waals surface area contributed by atoms with Crippen molar-refractivity contribution in [2.45, 2.75) is 52.4 Å². The van der Waals surface area contributed by atoms with E-state index in [4.69, 9.17) is 0 Å². The van der Waals surface area contributed by atoms with Crippen LogP contribution in [0.15, 0.2) is 0 Å². The first-order valence-electron chi connectivity index (χ1n) is 5.52. The standard InChI is InChI=1S/C11H20O2S2/c1-3-5-7-10(12)14-9-15-11(13)8-6-4-2/h3-9H2,1-2H3. The quantitative estimate of drug-likeness (QED) is 0.611. The highest BCUT2D eigenvalue weighted by molar-refractivity contribution is 8.28. The van der Waals surface area contributed by atoms with Crippen molar-refractivity contribution in [2.75, 3.05) is 5.08 Å². The first-order valence-corrected chi connectivity index (χ1v) is 7.49. The molecule has 15 heavy (non-hydrogen) atoms. The van der Waals surface area contributed by atoms with Crippen LogP contribution >= 0.6 is 23.5 Å². The van der Waals surface area contributed by atoms with E-state index in [1.54, 1.807) is 0 Å². The fourth-order valence-electron chi connectivity index (χ4n) is 0.947. The number of carbonyl (C=O) groups excluding carboxylic acids is 2. The van der Waals surface area contributed by atoms with Crippen molar-refractivity contribution in [2.24, 2.45) is 0 Å². The minimum atomic E-state index is 0.215. The lowest BCUT2D eigenvalue weighted by Gasteiger charge is -1.99. The van der Waals surface area contributed by atoms with E-state index in [2.05, 4.69) is 13.8 Å². The Kier molecular flexibility index (Phi) is 10.6. The maximum atomic E-state index is 11.2. The Morgan fingerprint density at radius 1 is 0.867 bits per heavy atom. The highest BCUT2D eigenvalue weighted by atomic mass is 32.2. The molecule has 0 aliphatic rings. The van der Waals surface area contributed by atoms with Crippen molar-refractivity contribution in [3.63, 3.8) is 0 Å². The lowest BCUT2D eigenvalue weighted by atomic mass is 10.3. The summed E-state index contributed by atoms with van der Waals surface area (Å²) < 4.78 is 0. The van der Waals surface area contributed by atoms with Gasteiger partial charge in [-0.05, 0) is 12.8 Å². The summed E-state index contributed by atoms with van der Waals surface area (Å²) >= 11 is 2.56. The maximum Gasteiger partial charge on any atom is 0.189 e. The van der Waals surface area contributed by atoms with Crippen LogP contribution in [0.2, 0.25) is 0 Å². The van der Waals surface area contributed by atoms with E-state index in [1.807, 2.05) is 0 Å². The second kappa shape index (κ2) is 10.6. The molecule has 0 atom stereocenters. The van der Waals surface area contributed by atoms with Crippen molar-refractivity contribution >= 4 is 33.8 Å². The Morgan fingerprint density at radius 2 is 1.27 bits per heavy atom. The molecule has 0 aromatic carbocycles. The summed E-state index contributed by atoms with van der Waals surface area (Å²) in [5.41, 5.74) is 0. The molecular formula is C11H20O2S2. The van der Waals surface area contributed by atoms with E-state index in [0.29, 0.717) is 17.9 Å². The Bertz CT molecular complexity index is 173. The largest absolute Gasteiger partial charge is 0.287 e. The van der Waals surface area contributed by atoms with Gasteiger partial charge in [0, 0.05) is 12.8 Å². The Hall–Kier alpha value is 0.0400. The van der Waals surface area contributed by atoms with Gasteiger partial charge < -0.3 is 0 Å². The Labute approximate surface area is 101 Å². The molecular weight excluding hydrogens is 228 g/mol. The van der Waals surface area contributed by atoms with Gasteiger partial charge in [0.15, 0.2) is 10.2 Å². The second-order valence-electron chi connectivity index (χ2n) is 3.36. The van der Waals surface area contributed by atoms with Crippen LogP contribution in [-0.2, 0) is 9.59 Å². The summed E-state index contributed by atoms with van der Waals surface area (Å²) in [4.78, 5) is 22.5. The Morgan fingerprint density at radius 3 is 1.60 bits per heavy atom. The molecule has 0 fully saturated rings. The normalized spacial score (nSPS) is 10.3. The number of rotatable bonds is 8. The summed E-state index contributed by atoms with van der Waals surface area (Å²) in [7, 11) is 0. The molecule has 0 N–H and O–H groups in total. The maximum absolute atomic E-state index is 11.2. The van der Waals surface area contributed by atoms with Gasteiger partial charge in [-0.3, -0.25) is 9.59 Å². The first kappa shape index (κ1) is 15.0. The van der Waals surface area contributed by atoms with Gasteiger partial charge in [-0.2, -0.15) is 0 Å². The zero-order valence-electron chi connectivity index (χ0n) is 9.58. The van der Waals surface area contributed by atoms with Crippen molar-refractivity contribution in [1.82, 2.24) is 0 Å². The van der Waals surface area contributed by atoms with Crippen molar-refractivity contribution in [3.8, 4) is 0 Å². The van der Waals surface area contributed by atoms with Crippen LogP contribution in [0.5, 0.6) is 0 Å². The van der Waals surface area contributed by atoms with Crippen LogP contribution < -0.4 is 0 Å². The van der Waals surface area contributed by atoms with Gasteiger partial charge in [0.25, 0.3) is 0 Å². The van der Waals surface area contributed by atoms with Gasteiger partial charge >= 0.3 is 0 Å². The zero-order chi connectivity index (χ0) is 11.5. The molecule has 88 valence electrons. The third-order valence-corrected chi connectivity index (χ3v) is 3.90. The SMILES string of the molecule is CCCCC(=O)SCSC(=O)CCCC. The molecule has 0 saturated carbocycles. The smallest absolute Gasteiger partial charge is 0.189 e. The first-order chi connectivity index (χ1) is 7.20. The predicted molar refractivity (Wildman–Crippen MR) is 69.1 cm³/mol. The molecule has 0 aromatic heterocycles. The fraction of sp³-hybridized carbons (Fsp3) is 0.818. The van der Waals surface area contributed by atoms with Gasteiger partial charge in [-0.25, -0.2) is 0 Å². The highest BCUT2D eigenvalue weighted by Crippen LogP contribution is 2.18. The second-order valence-corrected chi connectivity index (χ2v) is 5.79. The lowest BCUT2D eigenvalue weighted by Crippen LogP contribution is -1.95. The number of hydrogen-bond acceptors (Lipinski definition) is 4. The van der Waals surface area contributed by atoms with E-state index >= 15 is 0 Å². The molecule has 0 aliphatic heterocycles. The van der Waals surface area contributed by atoms with E-state index in [9.17, 15) is 9.59 Å². The van der Waals surface area contributed by atoms with Gasteiger partial charge in [0.2, 0.25) is 0 Å². The molecule has 2 nitrogen and oxygen atoms in total. The minimum absolute atomic E-state index is 0.215. The van der Waals surface area contributed by atoms with Crippen molar-refractivity contribution < 1.29 is 9.59 Å². The predicted octanol–water partition coefficient (Wildman–Crippen LogP) is 3.84. The number of carbonyl (C=O) groups is 2. The topological polar surface area (TPSA) is 34.1 Å². The molecule has 0 spiro atoms. The molecule has 0 radical (unpaired) electrons. The van der Waals surface area contributed by atoms with E-state index in [-0.39, 0.29) is 10.2 Å². The van der Waals surface area contributed by atoms with E-state index in [1.165, 1.54) is 23.5 Å². The molecule has 0 heterocycles. The van der Waals surface area contributed by atoms with Crippen molar-refractivity contribution in [1.29, 1.82) is 0 Å². The molecule has 0 unspecified atom stereocenters. The average Bonchev–Trinajstić information content (AvgIpc) is 2.23. The summed E-state index contributed by atoms with van der Waals surface area (Å²) in [6.07, 6.45) is 5.31. The molecule has 0 aromatic rings. The van der Waals surface area contributed by atoms with Crippen molar-refractivity contribution in [3.05, 3.63) is 0 Å². The fourth-order valence-corrected chi connectivity index (χ4v) is 2.81. The summed E-state index contributed by atoms with van der Waals surface area (Å²) in [6.45, 7) is 4.14. The van der Waals surface area contributed by atoms with Crippen LogP contribution in [0.3, 0.4) is 0 Å². The van der Waals surface area contributed by atoms with Crippen LogP contribution in [0.1, 0.15) is 52.4 Å². The number of thioether (sulfide) groups is 2. The molecule has 4 heteroatoms. The molecule has 0 rings (SSSR count). The highest BCUT2D eigenvalue weighted by Gasteiger charge is 2.05. The van der Waals surface area contributed by atoms with Crippen LogP contribution in [0.25, 0.3) is 0 Å². The van der Waals surface area contributed by atoms with Crippen LogP contribution in [-0.4, -0.2) is 15.3 Å². The third kappa shape index (κ3) is 10.3. The van der Waals surface area contributed by atoms with E-state index in [0.717, 1.165) is 25.7 Å². The number of hydrogen-bond donors (Lipinski definition) is 0. The van der Waals surface area contributed by atoms with Crippen LogP contribution in [0, 0.1) is 0 Å². The molecule has 0 aliphatic carbocycles. The molecule has 0 amide bonds. The summed E-state index contributed by atoms with van der Waals surface area (Å²) in [5, 5.41) is 1.02. The molecule has 0 saturated heterocycles. The van der Waals surface area contributed by atoms with Gasteiger partial charge in [0.1, 0.15) is 0 Å². The summed E-state index contributed by atoms with van der Waals surface area (Å²) in [5.74, 6) is 0. The molecule has 0 bridgehead atoms. The van der Waals surface area contributed by atoms with Gasteiger partial charge in [-0.1, -0.05) is 50.2 Å². The van der Waals surface area contributed by atoms with Gasteiger partial charge in [-0.15, -0.1) is 0 Å². The number of unbranched alkanes of at least 4 members (excludes halogenated alkanes) is 2. The average molecular weight is 248 g/mol. The summed E-state index contributed by atoms with van der Waals surface area (Å²) in [6, 6.07) is 0. The van der Waals surface area contributed by atoms with Gasteiger partial charge in [0.05, 0.1) is 5.08 Å². The monoisotopic (exact) mass is 248 g/mol. The van der Waals surface area contributed by atoms with Crippen LogP contribution in [0.4, 0.5) is 0 Å². The van der Waals surface area contributed by atoms with E-state index < -0.39 is 0 Å². The third-order valence-electron chi connectivity index (χ3n) is 1.91. The zero-order valence-corrected chi connectivity index (χ0v) is 11.2. The minimum Gasteiger partial charge on any atom is -0.287 e.